The summed E-state index contributed by atoms with van der Waals surface area (Å²) in [5, 5.41) is -0.240. The fourth-order valence-electron chi connectivity index (χ4n) is 1.72. The van der Waals surface area contributed by atoms with Crippen LogP contribution in [0.5, 0.6) is 0 Å². The van der Waals surface area contributed by atoms with E-state index in [-0.39, 0.29) is 29.0 Å². The zero-order chi connectivity index (χ0) is 9.42. The van der Waals surface area contributed by atoms with Crippen molar-refractivity contribution in [3.8, 4) is 0 Å². The highest BCUT2D eigenvalue weighted by atomic mass is 32.2. The Hall–Kier alpha value is -0.770. The summed E-state index contributed by atoms with van der Waals surface area (Å²) in [5.74, 6) is -0.489. The number of ketones is 1. The molecule has 3 rings (SSSR count). The van der Waals surface area contributed by atoms with Gasteiger partial charge in [0.1, 0.15) is 6.10 Å². The molecular weight excluding hydrogens is 188 g/mol. The molecule has 1 saturated heterocycles. The van der Waals surface area contributed by atoms with Crippen molar-refractivity contribution in [3.05, 3.63) is 12.2 Å². The van der Waals surface area contributed by atoms with Gasteiger partial charge >= 0.3 is 5.97 Å². The van der Waals surface area contributed by atoms with Crippen LogP contribution in [0.15, 0.2) is 12.2 Å². The topological polar surface area (TPSA) is 43.4 Å². The second-order valence-electron chi connectivity index (χ2n) is 3.21. The van der Waals surface area contributed by atoms with E-state index in [0.29, 0.717) is 6.42 Å². The fourth-order valence-corrected chi connectivity index (χ4v) is 2.57. The molecule has 0 N–H and O–H groups in total. The molecule has 13 heavy (non-hydrogen) atoms. The Morgan fingerprint density at radius 3 is 2.85 bits per heavy atom. The van der Waals surface area contributed by atoms with Crippen LogP contribution in [-0.2, 0) is 14.3 Å². The lowest BCUT2D eigenvalue weighted by molar-refractivity contribution is -0.149. The molecule has 2 bridgehead atoms. The average Bonchev–Trinajstić information content (AvgIpc) is 2.29. The summed E-state index contributed by atoms with van der Waals surface area (Å²) in [5.41, 5.74) is 0. The molecule has 0 radical (unpaired) electrons. The van der Waals surface area contributed by atoms with Crippen LogP contribution in [0.4, 0.5) is 0 Å². The molecular formula is C9H10O3S. The van der Waals surface area contributed by atoms with Gasteiger partial charge in [0.05, 0.1) is 11.2 Å². The molecule has 2 heterocycles. The Balaban J connectivity index is 2.34. The highest BCUT2D eigenvalue weighted by Crippen LogP contribution is 2.31. The van der Waals surface area contributed by atoms with Crippen molar-refractivity contribution in [1.29, 1.82) is 0 Å². The third-order valence-electron chi connectivity index (χ3n) is 2.37. The smallest absolute Gasteiger partial charge is 0.314 e. The monoisotopic (exact) mass is 198 g/mol. The minimum Gasteiger partial charge on any atom is -0.457 e. The number of fused-ring (bicyclic) bond motifs is 3. The number of esters is 1. The van der Waals surface area contributed by atoms with E-state index in [1.807, 2.05) is 18.4 Å². The van der Waals surface area contributed by atoms with E-state index in [2.05, 4.69) is 0 Å². The number of carbonyl (C=O) groups excluding carboxylic acids is 2. The van der Waals surface area contributed by atoms with Crippen LogP contribution in [0.2, 0.25) is 0 Å². The van der Waals surface area contributed by atoms with Crippen LogP contribution in [-0.4, -0.2) is 29.4 Å². The van der Waals surface area contributed by atoms with Gasteiger partial charge in [-0.2, -0.15) is 11.8 Å². The number of Topliss-reactive ketones (excluding diaryl/α,β-unsaturated/α-hetero) is 1. The van der Waals surface area contributed by atoms with Crippen LogP contribution in [0, 0.1) is 5.92 Å². The van der Waals surface area contributed by atoms with Gasteiger partial charge in [-0.3, -0.25) is 9.59 Å². The molecule has 0 aromatic heterocycles. The van der Waals surface area contributed by atoms with E-state index in [0.717, 1.165) is 0 Å². The first-order valence-corrected chi connectivity index (χ1v) is 5.45. The Labute approximate surface area is 80.5 Å². The van der Waals surface area contributed by atoms with Crippen molar-refractivity contribution < 1.29 is 14.3 Å². The van der Waals surface area contributed by atoms with Gasteiger partial charge in [0, 0.05) is 6.42 Å². The van der Waals surface area contributed by atoms with Crippen LogP contribution < -0.4 is 0 Å². The third-order valence-corrected chi connectivity index (χ3v) is 3.44. The molecule has 0 saturated carbocycles. The normalized spacial score (nSPS) is 37.5. The summed E-state index contributed by atoms with van der Waals surface area (Å²) in [6.07, 6.45) is 5.50. The van der Waals surface area contributed by atoms with E-state index in [9.17, 15) is 9.59 Å². The minimum atomic E-state index is -0.360. The SMILES string of the molecule is CS[C@H]1C(=O)C[C@@H]2C=C[C@H]1C(=O)O2. The Bertz CT molecular complexity index is 285. The first kappa shape index (κ1) is 8.81. The van der Waals surface area contributed by atoms with Gasteiger partial charge in [-0.05, 0) is 12.3 Å². The van der Waals surface area contributed by atoms with Gasteiger partial charge in [-0.15, -0.1) is 0 Å². The summed E-state index contributed by atoms with van der Waals surface area (Å²) >= 11 is 1.43. The van der Waals surface area contributed by atoms with Gasteiger partial charge < -0.3 is 4.74 Å². The van der Waals surface area contributed by atoms with Crippen LogP contribution in [0.1, 0.15) is 6.42 Å². The number of hydrogen-bond acceptors (Lipinski definition) is 4. The third kappa shape index (κ3) is 1.39. The molecule has 3 nitrogen and oxygen atoms in total. The van der Waals surface area contributed by atoms with E-state index in [1.165, 1.54) is 11.8 Å². The second kappa shape index (κ2) is 3.18. The lowest BCUT2D eigenvalue weighted by Crippen LogP contribution is -2.29. The van der Waals surface area contributed by atoms with Gasteiger partial charge in [-0.1, -0.05) is 6.08 Å². The molecule has 2 aliphatic heterocycles. The maximum absolute atomic E-state index is 11.6. The summed E-state index contributed by atoms with van der Waals surface area (Å²) in [6.45, 7) is 0. The molecule has 1 fully saturated rings. The Morgan fingerprint density at radius 1 is 1.46 bits per heavy atom. The average molecular weight is 198 g/mol. The molecule has 4 heteroatoms. The quantitative estimate of drug-likeness (QED) is 0.461. The highest BCUT2D eigenvalue weighted by molar-refractivity contribution is 8.00. The van der Waals surface area contributed by atoms with Crippen molar-refractivity contribution in [2.75, 3.05) is 6.26 Å². The van der Waals surface area contributed by atoms with Crippen molar-refractivity contribution in [2.24, 2.45) is 5.92 Å². The van der Waals surface area contributed by atoms with Crippen molar-refractivity contribution in [3.63, 3.8) is 0 Å². The van der Waals surface area contributed by atoms with Gasteiger partial charge in [0.25, 0.3) is 0 Å². The predicted octanol–water partition coefficient (Wildman–Crippen LogP) is 0.789. The van der Waals surface area contributed by atoms with Crippen LogP contribution in [0.25, 0.3) is 0 Å². The molecule has 70 valence electrons. The van der Waals surface area contributed by atoms with Crippen molar-refractivity contribution in [1.82, 2.24) is 0 Å². The van der Waals surface area contributed by atoms with Gasteiger partial charge in [-0.25, -0.2) is 0 Å². The number of rotatable bonds is 1. The summed E-state index contributed by atoms with van der Waals surface area (Å²) < 4.78 is 5.05. The second-order valence-corrected chi connectivity index (χ2v) is 4.19. The summed E-state index contributed by atoms with van der Waals surface area (Å²) in [4.78, 5) is 22.9. The maximum atomic E-state index is 11.6. The van der Waals surface area contributed by atoms with E-state index >= 15 is 0 Å². The molecule has 0 aromatic carbocycles. The molecule has 0 unspecified atom stereocenters. The summed E-state index contributed by atoms with van der Waals surface area (Å²) in [7, 11) is 0. The molecule has 0 amide bonds. The standard InChI is InChI=1S/C9H10O3S/c1-13-8-6-3-2-5(4-7(8)10)12-9(6)11/h2-3,5-6,8H,4H2,1H3/t5-,6+,8+/m0/s1. The summed E-state index contributed by atoms with van der Waals surface area (Å²) in [6, 6.07) is 0. The zero-order valence-corrected chi connectivity index (χ0v) is 8.04. The molecule has 1 aliphatic carbocycles. The molecule has 0 spiro atoms. The first-order chi connectivity index (χ1) is 6.22. The van der Waals surface area contributed by atoms with Crippen molar-refractivity contribution in [2.45, 2.75) is 17.8 Å². The Morgan fingerprint density at radius 2 is 2.23 bits per heavy atom. The lowest BCUT2D eigenvalue weighted by Gasteiger charge is -2.19. The molecule has 3 atom stereocenters. The van der Waals surface area contributed by atoms with E-state index in [1.54, 1.807) is 0 Å². The highest BCUT2D eigenvalue weighted by Gasteiger charge is 2.40. The Kier molecular flexibility index (Phi) is 2.15. The van der Waals surface area contributed by atoms with E-state index < -0.39 is 0 Å². The fraction of sp³-hybridized carbons (Fsp3) is 0.556. The van der Waals surface area contributed by atoms with Gasteiger partial charge in [0.2, 0.25) is 0 Å². The zero-order valence-electron chi connectivity index (χ0n) is 7.23. The number of thioether (sulfide) groups is 1. The van der Waals surface area contributed by atoms with Crippen LogP contribution in [0.3, 0.4) is 0 Å². The van der Waals surface area contributed by atoms with E-state index in [4.69, 9.17) is 4.74 Å². The largest absolute Gasteiger partial charge is 0.457 e. The van der Waals surface area contributed by atoms with Gasteiger partial charge in [0.15, 0.2) is 5.78 Å². The number of ether oxygens (including phenoxy) is 1. The number of carbonyl (C=O) groups is 2. The predicted molar refractivity (Wildman–Crippen MR) is 49.4 cm³/mol. The molecule has 0 aromatic rings. The number of hydrogen-bond donors (Lipinski definition) is 0. The minimum absolute atomic E-state index is 0.123. The maximum Gasteiger partial charge on any atom is 0.314 e. The molecule has 3 aliphatic rings. The van der Waals surface area contributed by atoms with Crippen molar-refractivity contribution >= 4 is 23.5 Å². The van der Waals surface area contributed by atoms with Crippen LogP contribution >= 0.6 is 11.8 Å². The first-order valence-electron chi connectivity index (χ1n) is 4.16. The lowest BCUT2D eigenvalue weighted by atomic mass is 10.0.